The SMILES string of the molecule is CC1(O)CC[C@H](NC(=O)OCc2ccccc2)[C@H](NC(=O)OCc2ccccc2)C1. The highest BCUT2D eigenvalue weighted by Gasteiger charge is 2.38. The van der Waals surface area contributed by atoms with Crippen molar-refractivity contribution in [3.8, 4) is 0 Å². The Bertz CT molecular complexity index is 826. The first-order chi connectivity index (χ1) is 14.4. The van der Waals surface area contributed by atoms with Gasteiger partial charge in [-0.25, -0.2) is 9.59 Å². The van der Waals surface area contributed by atoms with Gasteiger partial charge in [-0.2, -0.15) is 0 Å². The third-order valence-electron chi connectivity index (χ3n) is 5.17. The van der Waals surface area contributed by atoms with Crippen molar-refractivity contribution in [2.24, 2.45) is 0 Å². The lowest BCUT2D eigenvalue weighted by molar-refractivity contribution is -0.000953. The molecular formula is C23H28N2O5. The molecule has 1 saturated carbocycles. The summed E-state index contributed by atoms with van der Waals surface area (Å²) < 4.78 is 10.6. The molecule has 7 heteroatoms. The summed E-state index contributed by atoms with van der Waals surface area (Å²) in [7, 11) is 0. The van der Waals surface area contributed by atoms with E-state index in [0.717, 1.165) is 11.1 Å². The molecule has 2 amide bonds. The third kappa shape index (κ3) is 6.77. The van der Waals surface area contributed by atoms with Crippen LogP contribution in [0.1, 0.15) is 37.3 Å². The van der Waals surface area contributed by atoms with Crippen molar-refractivity contribution in [1.29, 1.82) is 0 Å². The molecule has 3 atom stereocenters. The number of nitrogens with one attached hydrogen (secondary N) is 2. The van der Waals surface area contributed by atoms with Crippen molar-refractivity contribution in [3.63, 3.8) is 0 Å². The second kappa shape index (κ2) is 10.1. The first-order valence-electron chi connectivity index (χ1n) is 10.1. The van der Waals surface area contributed by atoms with Gasteiger partial charge in [-0.05, 0) is 37.3 Å². The Balaban J connectivity index is 1.52. The third-order valence-corrected chi connectivity index (χ3v) is 5.17. The number of carbonyl (C=O) groups is 2. The highest BCUT2D eigenvalue weighted by molar-refractivity contribution is 5.69. The first-order valence-corrected chi connectivity index (χ1v) is 10.1. The molecule has 0 heterocycles. The van der Waals surface area contributed by atoms with Crippen LogP contribution in [0.5, 0.6) is 0 Å². The molecule has 0 saturated heterocycles. The molecule has 3 rings (SSSR count). The molecule has 3 N–H and O–H groups in total. The van der Waals surface area contributed by atoms with Crippen LogP contribution in [0.25, 0.3) is 0 Å². The van der Waals surface area contributed by atoms with E-state index >= 15 is 0 Å². The quantitative estimate of drug-likeness (QED) is 0.675. The maximum atomic E-state index is 12.3. The zero-order valence-corrected chi connectivity index (χ0v) is 17.0. The molecule has 1 fully saturated rings. The van der Waals surface area contributed by atoms with Crippen LogP contribution in [-0.2, 0) is 22.7 Å². The topological polar surface area (TPSA) is 96.9 Å². The van der Waals surface area contributed by atoms with Crippen LogP contribution in [0.15, 0.2) is 60.7 Å². The molecule has 1 aliphatic rings. The lowest BCUT2D eigenvalue weighted by atomic mass is 9.80. The number of aliphatic hydroxyl groups is 1. The van der Waals surface area contributed by atoms with Crippen molar-refractivity contribution < 1.29 is 24.2 Å². The van der Waals surface area contributed by atoms with E-state index in [1.165, 1.54) is 0 Å². The molecule has 0 bridgehead atoms. The lowest BCUT2D eigenvalue weighted by Gasteiger charge is -2.39. The van der Waals surface area contributed by atoms with Gasteiger partial charge in [-0.15, -0.1) is 0 Å². The molecule has 2 aromatic rings. The maximum Gasteiger partial charge on any atom is 0.407 e. The molecule has 160 valence electrons. The van der Waals surface area contributed by atoms with Gasteiger partial charge in [-0.3, -0.25) is 0 Å². The van der Waals surface area contributed by atoms with Gasteiger partial charge < -0.3 is 25.2 Å². The van der Waals surface area contributed by atoms with E-state index in [1.54, 1.807) is 6.92 Å². The minimum absolute atomic E-state index is 0.146. The van der Waals surface area contributed by atoms with Crippen molar-refractivity contribution >= 4 is 12.2 Å². The van der Waals surface area contributed by atoms with E-state index in [9.17, 15) is 14.7 Å². The smallest absolute Gasteiger partial charge is 0.407 e. The summed E-state index contributed by atoms with van der Waals surface area (Å²) in [6.07, 6.45) is 0.169. The monoisotopic (exact) mass is 412 g/mol. The van der Waals surface area contributed by atoms with Gasteiger partial charge in [0.05, 0.1) is 17.7 Å². The zero-order valence-electron chi connectivity index (χ0n) is 17.0. The molecule has 0 radical (unpaired) electrons. The maximum absolute atomic E-state index is 12.3. The molecule has 7 nitrogen and oxygen atoms in total. The first kappa shape index (κ1) is 21.6. The Morgan fingerprint density at radius 1 is 0.900 bits per heavy atom. The summed E-state index contributed by atoms with van der Waals surface area (Å²) in [6, 6.07) is 17.9. The molecule has 0 aliphatic heterocycles. The fourth-order valence-corrected chi connectivity index (χ4v) is 3.54. The molecular weight excluding hydrogens is 384 g/mol. The van der Waals surface area contributed by atoms with E-state index in [2.05, 4.69) is 10.6 Å². The van der Waals surface area contributed by atoms with Gasteiger partial charge in [0.15, 0.2) is 0 Å². The summed E-state index contributed by atoms with van der Waals surface area (Å²) >= 11 is 0. The van der Waals surface area contributed by atoms with Crippen LogP contribution >= 0.6 is 0 Å². The number of hydrogen-bond donors (Lipinski definition) is 3. The van der Waals surface area contributed by atoms with Gasteiger partial charge in [0.25, 0.3) is 0 Å². The number of alkyl carbamates (subject to hydrolysis) is 2. The number of amides is 2. The van der Waals surface area contributed by atoms with Crippen LogP contribution in [0.2, 0.25) is 0 Å². The van der Waals surface area contributed by atoms with E-state index < -0.39 is 23.8 Å². The Labute approximate surface area is 176 Å². The predicted molar refractivity (Wildman–Crippen MR) is 112 cm³/mol. The summed E-state index contributed by atoms with van der Waals surface area (Å²) in [6.45, 7) is 2.03. The van der Waals surface area contributed by atoms with Crippen molar-refractivity contribution in [3.05, 3.63) is 71.8 Å². The highest BCUT2D eigenvalue weighted by Crippen LogP contribution is 2.28. The fourth-order valence-electron chi connectivity index (χ4n) is 3.54. The molecule has 30 heavy (non-hydrogen) atoms. The van der Waals surface area contributed by atoms with Crippen molar-refractivity contribution in [1.82, 2.24) is 10.6 Å². The average molecular weight is 412 g/mol. The van der Waals surface area contributed by atoms with Crippen molar-refractivity contribution in [2.45, 2.75) is 57.1 Å². The molecule has 0 spiro atoms. The normalized spacial score (nSPS) is 23.3. The van der Waals surface area contributed by atoms with Gasteiger partial charge in [0.2, 0.25) is 0 Å². The standard InChI is InChI=1S/C23H28N2O5/c1-23(28)13-12-19(24-21(26)29-15-17-8-4-2-5-9-17)20(14-23)25-22(27)30-16-18-10-6-3-7-11-18/h2-11,19-20,28H,12-16H2,1H3,(H,24,26)(H,25,27)/t19-,20+,23?/m0/s1. The number of rotatable bonds is 6. The van der Waals surface area contributed by atoms with Crippen LogP contribution in [0, 0.1) is 0 Å². The highest BCUT2D eigenvalue weighted by atomic mass is 16.6. The Hall–Kier alpha value is -3.06. The number of benzene rings is 2. The van der Waals surface area contributed by atoms with E-state index in [1.807, 2.05) is 60.7 Å². The van der Waals surface area contributed by atoms with Crippen LogP contribution in [-0.4, -0.2) is 35.0 Å². The zero-order chi connectivity index (χ0) is 21.4. The van der Waals surface area contributed by atoms with E-state index in [-0.39, 0.29) is 19.3 Å². The van der Waals surface area contributed by atoms with Crippen LogP contribution in [0.4, 0.5) is 9.59 Å². The Morgan fingerprint density at radius 2 is 1.37 bits per heavy atom. The summed E-state index contributed by atoms with van der Waals surface area (Å²) in [5.41, 5.74) is 0.838. The fraction of sp³-hybridized carbons (Fsp3) is 0.391. The van der Waals surface area contributed by atoms with Gasteiger partial charge in [0.1, 0.15) is 13.2 Å². The minimum atomic E-state index is -0.927. The molecule has 0 aromatic heterocycles. The van der Waals surface area contributed by atoms with E-state index in [4.69, 9.17) is 9.47 Å². The summed E-state index contributed by atoms with van der Waals surface area (Å²) in [5, 5.41) is 16.0. The molecule has 1 unspecified atom stereocenters. The molecule has 1 aliphatic carbocycles. The largest absolute Gasteiger partial charge is 0.445 e. The summed E-state index contributed by atoms with van der Waals surface area (Å²) in [4.78, 5) is 24.5. The average Bonchev–Trinajstić information content (AvgIpc) is 2.74. The Kier molecular flexibility index (Phi) is 7.30. The Morgan fingerprint density at radius 3 is 1.87 bits per heavy atom. The summed E-state index contributed by atoms with van der Waals surface area (Å²) in [5.74, 6) is 0. The second-order valence-corrected chi connectivity index (χ2v) is 7.86. The van der Waals surface area contributed by atoms with Crippen molar-refractivity contribution in [2.75, 3.05) is 0 Å². The number of hydrogen-bond acceptors (Lipinski definition) is 5. The minimum Gasteiger partial charge on any atom is -0.445 e. The number of ether oxygens (including phenoxy) is 2. The van der Waals surface area contributed by atoms with Crippen LogP contribution in [0.3, 0.4) is 0 Å². The lowest BCUT2D eigenvalue weighted by Crippen LogP contribution is -2.57. The number of carbonyl (C=O) groups excluding carboxylic acids is 2. The van der Waals surface area contributed by atoms with Gasteiger partial charge in [0, 0.05) is 0 Å². The van der Waals surface area contributed by atoms with Gasteiger partial charge >= 0.3 is 12.2 Å². The predicted octanol–water partition coefficient (Wildman–Crippen LogP) is 3.51. The van der Waals surface area contributed by atoms with Gasteiger partial charge in [-0.1, -0.05) is 60.7 Å². The second-order valence-electron chi connectivity index (χ2n) is 7.86. The van der Waals surface area contributed by atoms with E-state index in [0.29, 0.717) is 19.3 Å². The van der Waals surface area contributed by atoms with Crippen LogP contribution < -0.4 is 10.6 Å². The molecule has 2 aromatic carbocycles.